The molecule has 1 aromatic carbocycles. The van der Waals surface area contributed by atoms with E-state index in [4.69, 9.17) is 14.5 Å². The normalized spacial score (nSPS) is 16.9. The topological polar surface area (TPSA) is 117 Å². The molecule has 240 valence electrons. The van der Waals surface area contributed by atoms with Gasteiger partial charge in [0, 0.05) is 59.3 Å². The summed E-state index contributed by atoms with van der Waals surface area (Å²) in [6, 6.07) is 8.62. The summed E-state index contributed by atoms with van der Waals surface area (Å²) in [6.45, 7) is 3.51. The van der Waals surface area contributed by atoms with E-state index in [9.17, 15) is 4.39 Å². The Balaban J connectivity index is 1.09. The van der Waals surface area contributed by atoms with Gasteiger partial charge in [-0.25, -0.2) is 9.37 Å². The van der Waals surface area contributed by atoms with E-state index in [-0.39, 0.29) is 11.9 Å². The first-order chi connectivity index (χ1) is 23.2. The molecule has 3 N–H and O–H groups in total. The van der Waals surface area contributed by atoms with Crippen molar-refractivity contribution in [1.82, 2.24) is 40.3 Å². The van der Waals surface area contributed by atoms with Crippen LogP contribution in [0, 0.1) is 5.82 Å². The first-order valence-corrected chi connectivity index (χ1v) is 16.5. The molecule has 5 aromatic rings. The van der Waals surface area contributed by atoms with Gasteiger partial charge in [-0.05, 0) is 82.0 Å². The number of nitrogens with zero attached hydrogens (tertiary/aromatic N) is 5. The van der Waals surface area contributed by atoms with Crippen LogP contribution in [0.1, 0.15) is 50.5 Å². The quantitative estimate of drug-likeness (QED) is 0.210. The number of ether oxygens (including phenoxy) is 2. The molecule has 1 saturated heterocycles. The van der Waals surface area contributed by atoms with Gasteiger partial charge in [0.05, 0.1) is 28.9 Å². The molecular formula is C36H37FN8O2. The highest BCUT2D eigenvalue weighted by Crippen LogP contribution is 2.31. The van der Waals surface area contributed by atoms with E-state index >= 15 is 0 Å². The molecule has 0 atom stereocenters. The molecule has 2 fully saturated rings. The number of aromatic amines is 2. The third kappa shape index (κ3) is 6.35. The first-order valence-electron chi connectivity index (χ1n) is 16.5. The molecule has 2 aliphatic heterocycles. The minimum absolute atomic E-state index is 0.241. The molecule has 4 aromatic heterocycles. The molecule has 0 unspecified atom stereocenters. The molecule has 0 spiro atoms. The summed E-state index contributed by atoms with van der Waals surface area (Å²) < 4.78 is 27.1. The Kier molecular flexibility index (Phi) is 8.12. The third-order valence-corrected chi connectivity index (χ3v) is 9.15. The monoisotopic (exact) mass is 632 g/mol. The number of halogens is 1. The van der Waals surface area contributed by atoms with Gasteiger partial charge >= 0.3 is 0 Å². The predicted molar refractivity (Wildman–Crippen MR) is 179 cm³/mol. The van der Waals surface area contributed by atoms with Crippen molar-refractivity contribution in [2.45, 2.75) is 51.0 Å². The molecule has 47 heavy (non-hydrogen) atoms. The average molecular weight is 633 g/mol. The Labute approximate surface area is 271 Å². The molecule has 6 heterocycles. The first kappa shape index (κ1) is 29.4. The molecule has 10 nitrogen and oxygen atoms in total. The Morgan fingerprint density at radius 1 is 0.915 bits per heavy atom. The van der Waals surface area contributed by atoms with Crippen molar-refractivity contribution >= 4 is 28.9 Å². The highest BCUT2D eigenvalue weighted by atomic mass is 19.1. The lowest BCUT2D eigenvalue weighted by Crippen LogP contribution is -2.25. The van der Waals surface area contributed by atoms with E-state index < -0.39 is 0 Å². The number of hydrogen-bond acceptors (Lipinski definition) is 8. The fourth-order valence-corrected chi connectivity index (χ4v) is 6.74. The summed E-state index contributed by atoms with van der Waals surface area (Å²) in [5.74, 6) is 1.44. The number of pyridine rings is 2. The van der Waals surface area contributed by atoms with Crippen molar-refractivity contribution in [3.8, 4) is 34.3 Å². The molecule has 0 bridgehead atoms. The van der Waals surface area contributed by atoms with Crippen LogP contribution in [0.2, 0.25) is 0 Å². The van der Waals surface area contributed by atoms with Gasteiger partial charge in [-0.1, -0.05) is 6.42 Å². The summed E-state index contributed by atoms with van der Waals surface area (Å²) in [7, 11) is 0. The minimum atomic E-state index is -0.384. The van der Waals surface area contributed by atoms with Crippen molar-refractivity contribution in [2.75, 3.05) is 26.2 Å². The van der Waals surface area contributed by atoms with Crippen LogP contribution < -0.4 is 25.4 Å². The number of hydrogen-bond donors (Lipinski definition) is 3. The lowest BCUT2D eigenvalue weighted by atomic mass is 9.98. The zero-order chi connectivity index (χ0) is 31.6. The van der Waals surface area contributed by atoms with E-state index in [0.29, 0.717) is 40.6 Å². The van der Waals surface area contributed by atoms with E-state index in [1.807, 2.05) is 36.8 Å². The van der Waals surface area contributed by atoms with E-state index in [2.05, 4.69) is 41.4 Å². The second-order valence-electron chi connectivity index (χ2n) is 12.5. The van der Waals surface area contributed by atoms with Gasteiger partial charge in [-0.3, -0.25) is 20.0 Å². The van der Waals surface area contributed by atoms with Crippen LogP contribution in [-0.2, 0) is 0 Å². The van der Waals surface area contributed by atoms with Gasteiger partial charge < -0.3 is 19.8 Å². The Bertz CT molecular complexity index is 2060. The summed E-state index contributed by atoms with van der Waals surface area (Å²) in [5, 5.41) is 12.7. The highest BCUT2D eigenvalue weighted by molar-refractivity contribution is 5.93. The van der Waals surface area contributed by atoms with E-state index in [1.165, 1.54) is 44.2 Å². The second-order valence-corrected chi connectivity index (χ2v) is 12.5. The number of fused-ring (bicyclic) bond motifs is 2. The van der Waals surface area contributed by atoms with Crippen LogP contribution >= 0.6 is 0 Å². The van der Waals surface area contributed by atoms with Gasteiger partial charge in [0.25, 0.3) is 0 Å². The summed E-state index contributed by atoms with van der Waals surface area (Å²) >= 11 is 0. The number of rotatable bonds is 9. The Morgan fingerprint density at radius 3 is 2.68 bits per heavy atom. The maximum Gasteiger partial charge on any atom is 0.159 e. The smallest absolute Gasteiger partial charge is 0.159 e. The molecule has 0 amide bonds. The van der Waals surface area contributed by atoms with Crippen molar-refractivity contribution in [1.29, 1.82) is 0 Å². The van der Waals surface area contributed by atoms with Crippen molar-refractivity contribution in [3.63, 3.8) is 0 Å². The van der Waals surface area contributed by atoms with Gasteiger partial charge in [0.1, 0.15) is 35.1 Å². The van der Waals surface area contributed by atoms with Crippen LogP contribution in [0.15, 0.2) is 55.1 Å². The number of imidazole rings is 1. The van der Waals surface area contributed by atoms with E-state index in [0.717, 1.165) is 65.4 Å². The fraction of sp³-hybridized carbons (Fsp3) is 0.333. The van der Waals surface area contributed by atoms with Crippen LogP contribution in [0.25, 0.3) is 51.7 Å². The van der Waals surface area contributed by atoms with Gasteiger partial charge in [-0.2, -0.15) is 5.10 Å². The Morgan fingerprint density at radius 2 is 1.79 bits per heavy atom. The molecule has 11 heteroatoms. The SMILES string of the molecule is Fc1cc(OCCN2CCCC2)cc(-c2nccc3[nH]c(-c4n[nH]c5c4=CC(c4cncc(OC6CCCCC6)c4)=CNC=5)nc23)c1. The lowest BCUT2D eigenvalue weighted by Gasteiger charge is -2.23. The largest absolute Gasteiger partial charge is 0.492 e. The van der Waals surface area contributed by atoms with E-state index in [1.54, 1.807) is 12.4 Å². The van der Waals surface area contributed by atoms with Crippen LogP contribution in [-0.4, -0.2) is 67.4 Å². The third-order valence-electron chi connectivity index (χ3n) is 9.15. The Hall–Kier alpha value is -5.03. The lowest BCUT2D eigenvalue weighted by molar-refractivity contribution is 0.154. The maximum atomic E-state index is 14.8. The van der Waals surface area contributed by atoms with Crippen molar-refractivity contribution in [2.24, 2.45) is 0 Å². The zero-order valence-corrected chi connectivity index (χ0v) is 26.1. The summed E-state index contributed by atoms with van der Waals surface area (Å²) in [4.78, 5) is 19.8. The maximum absolute atomic E-state index is 14.8. The predicted octanol–water partition coefficient (Wildman–Crippen LogP) is 4.90. The molecule has 8 rings (SSSR count). The molecule has 3 aliphatic rings. The molecule has 1 aliphatic carbocycles. The number of benzene rings is 1. The van der Waals surface area contributed by atoms with Gasteiger partial charge in [0.2, 0.25) is 0 Å². The van der Waals surface area contributed by atoms with Gasteiger partial charge in [0.15, 0.2) is 5.82 Å². The number of H-pyrrole nitrogens is 2. The summed E-state index contributed by atoms with van der Waals surface area (Å²) in [6.07, 6.45) is 19.7. The number of nitrogens with one attached hydrogen (secondary N) is 3. The molecular weight excluding hydrogens is 595 g/mol. The van der Waals surface area contributed by atoms with Crippen molar-refractivity contribution < 1.29 is 13.9 Å². The van der Waals surface area contributed by atoms with Crippen molar-refractivity contribution in [3.05, 3.63) is 77.1 Å². The zero-order valence-electron chi connectivity index (χ0n) is 26.1. The summed E-state index contributed by atoms with van der Waals surface area (Å²) in [5.41, 5.74) is 5.07. The fourth-order valence-electron chi connectivity index (χ4n) is 6.74. The van der Waals surface area contributed by atoms with Crippen LogP contribution in [0.5, 0.6) is 11.5 Å². The highest BCUT2D eigenvalue weighted by Gasteiger charge is 2.19. The molecule has 1 saturated carbocycles. The minimum Gasteiger partial charge on any atom is -0.492 e. The number of allylic oxidation sites excluding steroid dienone is 1. The second kappa shape index (κ2) is 13.0. The van der Waals surface area contributed by atoms with Crippen LogP contribution in [0.3, 0.4) is 0 Å². The molecule has 0 radical (unpaired) electrons. The van der Waals surface area contributed by atoms with Gasteiger partial charge in [-0.15, -0.1) is 0 Å². The number of aromatic nitrogens is 6. The van der Waals surface area contributed by atoms with Crippen LogP contribution in [0.4, 0.5) is 4.39 Å². The number of likely N-dealkylation sites (tertiary alicyclic amines) is 1. The standard InChI is InChI=1S/C36H37FN8O2/c37-26-14-23(15-28(18-26)46-13-12-45-10-4-5-11-45)33-35-31(8-9-40-33)41-36(42-35)34-30-17-25(20-39-22-32(30)43-44-34)24-16-29(21-38-19-24)47-27-6-2-1-3-7-27/h8-9,14-22,27,39,43H,1-7,10-13H2,(H,41,42). The average Bonchev–Trinajstić information content (AvgIpc) is 3.82.